The first-order valence-electron chi connectivity index (χ1n) is 10.6. The molecule has 2 aromatic rings. The summed E-state index contributed by atoms with van der Waals surface area (Å²) in [6.07, 6.45) is 6.88. The Labute approximate surface area is 224 Å². The van der Waals surface area contributed by atoms with E-state index in [9.17, 15) is 0 Å². The molecule has 0 aliphatic heterocycles. The van der Waals surface area contributed by atoms with Crippen LogP contribution in [0.1, 0.15) is 55.6 Å². The van der Waals surface area contributed by atoms with E-state index in [1.165, 1.54) is 41.9 Å². The van der Waals surface area contributed by atoms with Gasteiger partial charge in [0.15, 0.2) is 0 Å². The van der Waals surface area contributed by atoms with Gasteiger partial charge in [-0.1, -0.05) is 79.9 Å². The van der Waals surface area contributed by atoms with Gasteiger partial charge in [0.1, 0.15) is 0 Å². The Morgan fingerprint density at radius 1 is 0.793 bits per heavy atom. The van der Waals surface area contributed by atoms with Crippen molar-refractivity contribution in [3.8, 4) is 0 Å². The Hall–Kier alpha value is 0.306. The standard InChI is InChI=1S/C24H35N2OS.K/c25-17-15-23(16-20-28-19-10-2-1-9-18-26-27)24(21-11-5-3-6-12-21)22-13-7-4-8-14-22;/h3-8,11-14,23-24,27H,1-2,9-10,15-20,25H2;/q-1;+1. The normalized spacial score (nSPS) is 12.0. The van der Waals surface area contributed by atoms with Crippen LogP contribution in [0.4, 0.5) is 0 Å². The Morgan fingerprint density at radius 3 is 1.93 bits per heavy atom. The molecule has 29 heavy (non-hydrogen) atoms. The summed E-state index contributed by atoms with van der Waals surface area (Å²) in [5, 5.41) is 8.46. The molecule has 154 valence electrons. The van der Waals surface area contributed by atoms with Crippen LogP contribution >= 0.6 is 11.8 Å². The van der Waals surface area contributed by atoms with Crippen LogP contribution in [0, 0.1) is 5.92 Å². The van der Waals surface area contributed by atoms with Crippen molar-refractivity contribution in [2.24, 2.45) is 11.7 Å². The van der Waals surface area contributed by atoms with Crippen LogP contribution in [0.5, 0.6) is 0 Å². The van der Waals surface area contributed by atoms with Crippen LogP contribution in [0.3, 0.4) is 0 Å². The number of hydrogen-bond acceptors (Lipinski definition) is 3. The zero-order valence-electron chi connectivity index (χ0n) is 17.9. The second-order valence-electron chi connectivity index (χ2n) is 7.32. The van der Waals surface area contributed by atoms with E-state index in [-0.39, 0.29) is 51.4 Å². The van der Waals surface area contributed by atoms with Crippen molar-refractivity contribution in [3.05, 3.63) is 77.3 Å². The van der Waals surface area contributed by atoms with E-state index in [0.29, 0.717) is 18.4 Å². The molecule has 3 nitrogen and oxygen atoms in total. The summed E-state index contributed by atoms with van der Waals surface area (Å²) < 4.78 is 0. The topological polar surface area (TPSA) is 60.4 Å². The third-order valence-corrected chi connectivity index (χ3v) is 6.36. The van der Waals surface area contributed by atoms with Crippen LogP contribution in [0.25, 0.3) is 5.48 Å². The monoisotopic (exact) mass is 438 g/mol. The molecule has 5 heteroatoms. The average Bonchev–Trinajstić information content (AvgIpc) is 2.74. The third kappa shape index (κ3) is 10.9. The molecule has 0 bridgehead atoms. The van der Waals surface area contributed by atoms with Crippen LogP contribution < -0.4 is 57.1 Å². The number of rotatable bonds is 15. The minimum absolute atomic E-state index is 0. The fourth-order valence-corrected chi connectivity index (χ4v) is 4.91. The number of nitrogens with zero attached hydrogens (tertiary/aromatic N) is 1. The summed E-state index contributed by atoms with van der Waals surface area (Å²) in [6.45, 7) is 1.32. The van der Waals surface area contributed by atoms with Gasteiger partial charge in [0, 0.05) is 5.92 Å². The van der Waals surface area contributed by atoms with E-state index < -0.39 is 0 Å². The zero-order chi connectivity index (χ0) is 19.9. The second kappa shape index (κ2) is 17.9. The number of hydroxylamine groups is 1. The molecule has 3 N–H and O–H groups in total. The summed E-state index contributed by atoms with van der Waals surface area (Å²) >= 11 is 2.07. The Balaban J connectivity index is 0.00000420. The van der Waals surface area contributed by atoms with Gasteiger partial charge in [-0.25, -0.2) is 0 Å². The van der Waals surface area contributed by atoms with Crippen molar-refractivity contribution in [2.45, 2.75) is 44.4 Å². The van der Waals surface area contributed by atoms with E-state index in [0.717, 1.165) is 25.8 Å². The van der Waals surface area contributed by atoms with E-state index in [4.69, 9.17) is 10.9 Å². The molecule has 1 unspecified atom stereocenters. The van der Waals surface area contributed by atoms with E-state index in [1.807, 2.05) is 0 Å². The molecule has 0 saturated heterocycles. The zero-order valence-corrected chi connectivity index (χ0v) is 21.8. The maximum atomic E-state index is 8.46. The Kier molecular flexibility index (Phi) is 16.9. The molecule has 2 rings (SSSR count). The summed E-state index contributed by atoms with van der Waals surface area (Å²) in [4.78, 5) is 0. The van der Waals surface area contributed by atoms with Crippen molar-refractivity contribution in [3.63, 3.8) is 0 Å². The van der Waals surface area contributed by atoms with Gasteiger partial charge >= 0.3 is 51.4 Å². The summed E-state index contributed by atoms with van der Waals surface area (Å²) in [6, 6.07) is 21.8. The maximum absolute atomic E-state index is 8.46. The quantitative estimate of drug-likeness (QED) is 0.255. The van der Waals surface area contributed by atoms with Gasteiger partial charge in [0.2, 0.25) is 0 Å². The molecular weight excluding hydrogens is 403 g/mol. The SMILES string of the molecule is NCCC(CCSCCCCCC[N-]O)C(c1ccccc1)c1ccccc1.[K+]. The fraction of sp³-hybridized carbons (Fsp3) is 0.500. The van der Waals surface area contributed by atoms with Crippen LogP contribution in [-0.2, 0) is 0 Å². The molecule has 0 radical (unpaired) electrons. The maximum Gasteiger partial charge on any atom is 1.00 e. The van der Waals surface area contributed by atoms with E-state index >= 15 is 0 Å². The van der Waals surface area contributed by atoms with Crippen LogP contribution in [-0.4, -0.2) is 29.8 Å². The first-order valence-corrected chi connectivity index (χ1v) is 11.7. The van der Waals surface area contributed by atoms with Gasteiger partial charge in [0.25, 0.3) is 0 Å². The molecule has 0 aliphatic carbocycles. The average molecular weight is 439 g/mol. The Bertz CT molecular complexity index is 575. The van der Waals surface area contributed by atoms with Crippen molar-refractivity contribution in [1.82, 2.24) is 0 Å². The second-order valence-corrected chi connectivity index (χ2v) is 8.54. The summed E-state index contributed by atoms with van der Waals surface area (Å²) in [5.74, 6) is 3.38. The molecule has 0 aliphatic rings. The number of unbranched alkanes of at least 4 members (excludes halogenated alkanes) is 3. The molecule has 2 aromatic carbocycles. The minimum Gasteiger partial charge on any atom is -0.538 e. The van der Waals surface area contributed by atoms with E-state index in [1.54, 1.807) is 0 Å². The number of hydrogen-bond donors (Lipinski definition) is 2. The molecule has 0 heterocycles. The molecule has 1 atom stereocenters. The molecule has 0 amide bonds. The van der Waals surface area contributed by atoms with Gasteiger partial charge in [-0.3, -0.25) is 0 Å². The summed E-state index contributed by atoms with van der Waals surface area (Å²) in [7, 11) is 0. The van der Waals surface area contributed by atoms with Crippen molar-refractivity contribution < 1.29 is 56.6 Å². The van der Waals surface area contributed by atoms with Crippen LogP contribution in [0.2, 0.25) is 0 Å². The fourth-order valence-electron chi connectivity index (χ4n) is 3.83. The number of thioether (sulfide) groups is 1. The summed E-state index contributed by atoms with van der Waals surface area (Å²) in [5.41, 5.74) is 12.0. The van der Waals surface area contributed by atoms with Gasteiger partial charge < -0.3 is 16.4 Å². The molecule has 0 aromatic heterocycles. The predicted octanol–water partition coefficient (Wildman–Crippen LogP) is 3.23. The minimum atomic E-state index is 0. The first kappa shape index (κ1) is 27.3. The van der Waals surface area contributed by atoms with Crippen LogP contribution in [0.15, 0.2) is 60.7 Å². The van der Waals surface area contributed by atoms with Gasteiger partial charge in [-0.05, 0) is 54.4 Å². The molecular formula is C24H35KN2OS. The van der Waals surface area contributed by atoms with Gasteiger partial charge in [0.05, 0.1) is 0 Å². The first-order chi connectivity index (χ1) is 13.9. The van der Waals surface area contributed by atoms with Crippen molar-refractivity contribution in [1.29, 1.82) is 0 Å². The van der Waals surface area contributed by atoms with E-state index in [2.05, 4.69) is 77.9 Å². The molecule has 0 saturated carbocycles. The predicted molar refractivity (Wildman–Crippen MR) is 122 cm³/mol. The van der Waals surface area contributed by atoms with Crippen molar-refractivity contribution >= 4 is 11.8 Å². The van der Waals surface area contributed by atoms with Crippen molar-refractivity contribution in [2.75, 3.05) is 24.6 Å². The van der Waals surface area contributed by atoms with Gasteiger partial charge in [-0.15, -0.1) is 6.54 Å². The van der Waals surface area contributed by atoms with Gasteiger partial charge in [-0.2, -0.15) is 11.8 Å². The largest absolute Gasteiger partial charge is 1.00 e. The number of benzene rings is 2. The molecule has 0 fully saturated rings. The smallest absolute Gasteiger partial charge is 0.538 e. The molecule has 0 spiro atoms. The Morgan fingerprint density at radius 2 is 1.38 bits per heavy atom. The third-order valence-electron chi connectivity index (χ3n) is 5.26. The number of nitrogens with two attached hydrogens (primary N) is 1.